The predicted molar refractivity (Wildman–Crippen MR) is 124 cm³/mol. The van der Waals surface area contributed by atoms with Crippen LogP contribution in [0.2, 0.25) is 0 Å². The Morgan fingerprint density at radius 3 is 2.75 bits per heavy atom. The Balaban J connectivity index is 1.43. The number of benzene rings is 2. The molecule has 1 amide bonds. The van der Waals surface area contributed by atoms with Crippen molar-refractivity contribution >= 4 is 51.9 Å². The highest BCUT2D eigenvalue weighted by molar-refractivity contribution is 8.27. The first-order valence-corrected chi connectivity index (χ1v) is 10.7. The number of carbonyl (C=O) groups is 2. The lowest BCUT2D eigenvalue weighted by molar-refractivity contribution is -0.113. The molecule has 0 saturated carbocycles. The molecule has 3 heterocycles. The Morgan fingerprint density at radius 2 is 1.94 bits per heavy atom. The van der Waals surface area contributed by atoms with Crippen LogP contribution < -0.4 is 14.4 Å². The van der Waals surface area contributed by atoms with Crippen LogP contribution in [0.15, 0.2) is 57.9 Å². The molecule has 160 valence electrons. The number of carbonyl (C=O) groups excluding carboxylic acids is 1. The summed E-state index contributed by atoms with van der Waals surface area (Å²) in [6.45, 7) is 2.02. The van der Waals surface area contributed by atoms with Gasteiger partial charge in [-0.3, -0.25) is 9.69 Å². The van der Waals surface area contributed by atoms with Gasteiger partial charge in [-0.25, -0.2) is 4.79 Å². The Bertz CT molecular complexity index is 1330. The van der Waals surface area contributed by atoms with E-state index in [9.17, 15) is 14.7 Å². The highest BCUT2D eigenvalue weighted by Crippen LogP contribution is 2.41. The number of thioether (sulfide) groups is 1. The summed E-state index contributed by atoms with van der Waals surface area (Å²) < 4.78 is 17.0. The number of aromatic carboxylic acids is 1. The number of fused-ring (bicyclic) bond motifs is 1. The van der Waals surface area contributed by atoms with Crippen molar-refractivity contribution in [1.82, 2.24) is 0 Å². The number of hydrogen-bond donors (Lipinski definition) is 1. The van der Waals surface area contributed by atoms with Crippen LogP contribution in [-0.4, -0.2) is 28.1 Å². The summed E-state index contributed by atoms with van der Waals surface area (Å²) in [6.07, 6.45) is 1.63. The van der Waals surface area contributed by atoms with Gasteiger partial charge in [-0.15, -0.1) is 0 Å². The maximum atomic E-state index is 13.0. The fourth-order valence-corrected chi connectivity index (χ4v) is 4.72. The van der Waals surface area contributed by atoms with Crippen molar-refractivity contribution in [1.29, 1.82) is 0 Å². The predicted octanol–water partition coefficient (Wildman–Crippen LogP) is 5.09. The topological polar surface area (TPSA) is 89.2 Å². The average Bonchev–Trinajstić information content (AvgIpc) is 3.48. The third-order valence-corrected chi connectivity index (χ3v) is 6.36. The molecule has 1 aromatic heterocycles. The number of anilines is 1. The second-order valence-corrected chi connectivity index (χ2v) is 8.77. The van der Waals surface area contributed by atoms with E-state index in [0.29, 0.717) is 43.5 Å². The molecule has 0 aliphatic carbocycles. The minimum atomic E-state index is -1.01. The summed E-state index contributed by atoms with van der Waals surface area (Å²) >= 11 is 6.61. The lowest BCUT2D eigenvalue weighted by Crippen LogP contribution is -2.27. The standard InChI is InChI=1S/C23H15NO6S2/c1-12-2-3-13(22(26)27)8-16(12)17-7-5-15(30-17)10-20-21(25)24(23(31)32-20)14-4-6-18-19(9-14)29-11-28-18/h2-10H,11H2,1H3,(H,26,27)/b20-10-. The summed E-state index contributed by atoms with van der Waals surface area (Å²) in [6, 6.07) is 13.5. The van der Waals surface area contributed by atoms with E-state index in [1.807, 2.05) is 6.92 Å². The zero-order valence-electron chi connectivity index (χ0n) is 16.7. The van der Waals surface area contributed by atoms with Crippen molar-refractivity contribution < 1.29 is 28.6 Å². The maximum absolute atomic E-state index is 13.0. The van der Waals surface area contributed by atoms with Crippen molar-refractivity contribution in [2.75, 3.05) is 11.7 Å². The fourth-order valence-electron chi connectivity index (χ4n) is 3.44. The summed E-state index contributed by atoms with van der Waals surface area (Å²) in [5.74, 6) is 0.899. The average molecular weight is 466 g/mol. The summed E-state index contributed by atoms with van der Waals surface area (Å²) in [4.78, 5) is 26.2. The normalized spacial score (nSPS) is 16.3. The molecule has 0 spiro atoms. The molecule has 2 aliphatic rings. The van der Waals surface area contributed by atoms with Crippen molar-refractivity contribution in [3.8, 4) is 22.8 Å². The van der Waals surface area contributed by atoms with Gasteiger partial charge in [-0.05, 0) is 48.9 Å². The van der Waals surface area contributed by atoms with Crippen LogP contribution in [0.1, 0.15) is 21.7 Å². The van der Waals surface area contributed by atoms with Crippen LogP contribution in [0.3, 0.4) is 0 Å². The number of carboxylic acids is 1. The van der Waals surface area contributed by atoms with Crippen LogP contribution in [-0.2, 0) is 4.79 Å². The molecule has 3 aromatic rings. The molecule has 9 heteroatoms. The Hall–Kier alpha value is -3.56. The van der Waals surface area contributed by atoms with E-state index in [4.69, 9.17) is 26.1 Å². The quantitative estimate of drug-likeness (QED) is 0.421. The van der Waals surface area contributed by atoms with Gasteiger partial charge in [0.15, 0.2) is 15.8 Å². The molecule has 2 aromatic carbocycles. The lowest BCUT2D eigenvalue weighted by Gasteiger charge is -2.14. The molecule has 5 rings (SSSR count). The van der Waals surface area contributed by atoms with Gasteiger partial charge in [0.2, 0.25) is 6.79 Å². The summed E-state index contributed by atoms with van der Waals surface area (Å²) in [7, 11) is 0. The Morgan fingerprint density at radius 1 is 1.12 bits per heavy atom. The van der Waals surface area contributed by atoms with E-state index in [2.05, 4.69) is 0 Å². The first kappa shape index (κ1) is 20.3. The molecule has 0 bridgehead atoms. The van der Waals surface area contributed by atoms with Crippen molar-refractivity contribution in [3.05, 3.63) is 70.3 Å². The minimum absolute atomic E-state index is 0.146. The zero-order chi connectivity index (χ0) is 22.4. The van der Waals surface area contributed by atoms with E-state index in [0.717, 1.165) is 5.56 Å². The molecule has 1 N–H and O–H groups in total. The maximum Gasteiger partial charge on any atom is 0.335 e. The van der Waals surface area contributed by atoms with E-state index < -0.39 is 5.97 Å². The van der Waals surface area contributed by atoms with Crippen molar-refractivity contribution in [3.63, 3.8) is 0 Å². The highest BCUT2D eigenvalue weighted by atomic mass is 32.2. The minimum Gasteiger partial charge on any atom is -0.478 e. The second kappa shape index (κ2) is 7.85. The van der Waals surface area contributed by atoms with E-state index >= 15 is 0 Å². The van der Waals surface area contributed by atoms with Gasteiger partial charge < -0.3 is 19.0 Å². The number of nitrogens with zero attached hydrogens (tertiary/aromatic N) is 1. The van der Waals surface area contributed by atoms with Gasteiger partial charge in [-0.1, -0.05) is 30.0 Å². The molecule has 0 radical (unpaired) electrons. The van der Waals surface area contributed by atoms with Crippen molar-refractivity contribution in [2.24, 2.45) is 0 Å². The highest BCUT2D eigenvalue weighted by Gasteiger charge is 2.34. The van der Waals surface area contributed by atoms with E-state index in [1.165, 1.54) is 16.7 Å². The number of amides is 1. The van der Waals surface area contributed by atoms with Crippen LogP contribution in [0.5, 0.6) is 11.5 Å². The van der Waals surface area contributed by atoms with Gasteiger partial charge in [-0.2, -0.15) is 0 Å². The molecule has 0 unspecified atom stereocenters. The van der Waals surface area contributed by atoms with Crippen LogP contribution >= 0.6 is 24.0 Å². The second-order valence-electron chi connectivity index (χ2n) is 7.09. The number of carboxylic acid groups (broad SMARTS) is 1. The number of furan rings is 1. The van der Waals surface area contributed by atoms with Gasteiger partial charge in [0.05, 0.1) is 16.2 Å². The molecule has 32 heavy (non-hydrogen) atoms. The SMILES string of the molecule is Cc1ccc(C(=O)O)cc1-c1ccc(/C=C2\SC(=S)N(c3ccc4c(c3)OCO4)C2=O)o1. The first-order valence-electron chi connectivity index (χ1n) is 9.52. The Kier molecular flexibility index (Phi) is 4.99. The number of rotatable bonds is 4. The largest absolute Gasteiger partial charge is 0.478 e. The van der Waals surface area contributed by atoms with Gasteiger partial charge >= 0.3 is 5.97 Å². The number of aryl methyl sites for hydroxylation is 1. The summed E-state index contributed by atoms with van der Waals surface area (Å²) in [5.41, 5.74) is 2.33. The van der Waals surface area contributed by atoms with E-state index in [-0.39, 0.29) is 18.3 Å². The van der Waals surface area contributed by atoms with Gasteiger partial charge in [0.25, 0.3) is 5.91 Å². The lowest BCUT2D eigenvalue weighted by atomic mass is 10.0. The first-order chi connectivity index (χ1) is 15.4. The van der Waals surface area contributed by atoms with E-state index in [1.54, 1.807) is 54.6 Å². The van der Waals surface area contributed by atoms with Gasteiger partial charge in [0.1, 0.15) is 11.5 Å². The Labute approximate surface area is 192 Å². The zero-order valence-corrected chi connectivity index (χ0v) is 18.3. The van der Waals surface area contributed by atoms with Crippen molar-refractivity contribution in [2.45, 2.75) is 6.92 Å². The third-order valence-electron chi connectivity index (χ3n) is 5.06. The fraction of sp³-hybridized carbons (Fsp3) is 0.0870. The number of ether oxygens (including phenoxy) is 2. The molecular weight excluding hydrogens is 450 g/mol. The third kappa shape index (κ3) is 3.55. The van der Waals surface area contributed by atoms with Gasteiger partial charge in [0, 0.05) is 17.7 Å². The smallest absolute Gasteiger partial charge is 0.335 e. The molecule has 7 nitrogen and oxygen atoms in total. The molecule has 2 aliphatic heterocycles. The van der Waals surface area contributed by atoms with Crippen LogP contribution in [0.25, 0.3) is 17.4 Å². The summed E-state index contributed by atoms with van der Waals surface area (Å²) in [5, 5.41) is 9.25. The molecule has 1 fully saturated rings. The monoisotopic (exact) mass is 465 g/mol. The molecule has 0 atom stereocenters. The number of thiocarbonyl (C=S) groups is 1. The molecule has 1 saturated heterocycles. The van der Waals surface area contributed by atoms with Crippen LogP contribution in [0.4, 0.5) is 5.69 Å². The van der Waals surface area contributed by atoms with Crippen LogP contribution in [0, 0.1) is 6.92 Å². The number of hydrogen-bond acceptors (Lipinski definition) is 7. The molecular formula is C23H15NO6S2.